The molecule has 1 aliphatic heterocycles. The molecule has 156 valence electrons. The van der Waals surface area contributed by atoms with Gasteiger partial charge >= 0.3 is 6.03 Å². The number of carbonyl (C=O) groups excluding carboxylic acids is 1. The third-order valence-electron chi connectivity index (χ3n) is 5.34. The van der Waals surface area contributed by atoms with Crippen LogP contribution in [0.4, 0.5) is 16.2 Å². The fourth-order valence-electron chi connectivity index (χ4n) is 3.86. The Hall–Kier alpha value is -2.76. The number of benzene rings is 1. The maximum Gasteiger partial charge on any atom is 0.322 e. The summed E-state index contributed by atoms with van der Waals surface area (Å²) in [6.07, 6.45) is 1.92. The number of urea groups is 1. The minimum atomic E-state index is -0.104. The van der Waals surface area contributed by atoms with E-state index < -0.39 is 0 Å². The molecule has 0 bridgehead atoms. The molecule has 1 aromatic carbocycles. The highest BCUT2D eigenvalue weighted by Crippen LogP contribution is 2.26. The monoisotopic (exact) mass is 396 g/mol. The SMILES string of the molecule is CCCc1nc(OC)c(NC(=O)N2CCN(c3cc(C)cc(C)c3)CC2)cc1C. The van der Waals surface area contributed by atoms with Crippen molar-refractivity contribution in [3.05, 3.63) is 46.6 Å². The van der Waals surface area contributed by atoms with Crippen LogP contribution in [0.3, 0.4) is 0 Å². The molecule has 1 aromatic heterocycles. The molecule has 3 rings (SSSR count). The van der Waals surface area contributed by atoms with E-state index in [1.165, 1.54) is 16.8 Å². The highest BCUT2D eigenvalue weighted by molar-refractivity contribution is 5.91. The van der Waals surface area contributed by atoms with Crippen molar-refractivity contribution in [1.82, 2.24) is 9.88 Å². The Morgan fingerprint density at radius 2 is 1.72 bits per heavy atom. The summed E-state index contributed by atoms with van der Waals surface area (Å²) in [5.74, 6) is 0.473. The predicted octanol–water partition coefficient (Wildman–Crippen LogP) is 4.32. The maximum absolute atomic E-state index is 12.8. The minimum Gasteiger partial charge on any atom is -0.480 e. The van der Waals surface area contributed by atoms with Crippen LogP contribution >= 0.6 is 0 Å². The number of amides is 2. The zero-order valence-corrected chi connectivity index (χ0v) is 18.2. The number of methoxy groups -OCH3 is 1. The lowest BCUT2D eigenvalue weighted by molar-refractivity contribution is 0.208. The summed E-state index contributed by atoms with van der Waals surface area (Å²) in [6, 6.07) is 8.45. The van der Waals surface area contributed by atoms with Crippen molar-refractivity contribution in [2.45, 2.75) is 40.5 Å². The van der Waals surface area contributed by atoms with E-state index in [4.69, 9.17) is 4.74 Å². The van der Waals surface area contributed by atoms with Gasteiger partial charge in [-0.25, -0.2) is 9.78 Å². The molecule has 0 unspecified atom stereocenters. The van der Waals surface area contributed by atoms with Crippen molar-refractivity contribution in [2.24, 2.45) is 0 Å². The fraction of sp³-hybridized carbons (Fsp3) is 0.478. The van der Waals surface area contributed by atoms with Gasteiger partial charge in [0.15, 0.2) is 0 Å². The molecule has 6 nitrogen and oxygen atoms in total. The molecular weight excluding hydrogens is 364 g/mol. The third kappa shape index (κ3) is 5.00. The van der Waals surface area contributed by atoms with E-state index in [1.807, 2.05) is 17.9 Å². The number of ether oxygens (including phenoxy) is 1. The summed E-state index contributed by atoms with van der Waals surface area (Å²) >= 11 is 0. The van der Waals surface area contributed by atoms with Gasteiger partial charge < -0.3 is 19.9 Å². The first-order valence-corrected chi connectivity index (χ1v) is 10.3. The van der Waals surface area contributed by atoms with Gasteiger partial charge in [-0.1, -0.05) is 19.4 Å². The lowest BCUT2D eigenvalue weighted by Crippen LogP contribution is -2.50. The normalized spacial score (nSPS) is 14.1. The second-order valence-corrected chi connectivity index (χ2v) is 7.81. The van der Waals surface area contributed by atoms with Gasteiger partial charge in [0.1, 0.15) is 5.69 Å². The van der Waals surface area contributed by atoms with Gasteiger partial charge in [-0.15, -0.1) is 0 Å². The predicted molar refractivity (Wildman–Crippen MR) is 118 cm³/mol. The number of carbonyl (C=O) groups is 1. The summed E-state index contributed by atoms with van der Waals surface area (Å²) in [5.41, 5.74) is 6.48. The first kappa shape index (κ1) is 21.0. The van der Waals surface area contributed by atoms with Crippen LogP contribution in [-0.2, 0) is 6.42 Å². The first-order valence-electron chi connectivity index (χ1n) is 10.3. The molecule has 0 spiro atoms. The van der Waals surface area contributed by atoms with E-state index in [2.05, 4.69) is 54.2 Å². The summed E-state index contributed by atoms with van der Waals surface area (Å²) in [7, 11) is 1.59. The molecule has 0 saturated carbocycles. The quantitative estimate of drug-likeness (QED) is 0.818. The molecule has 29 heavy (non-hydrogen) atoms. The maximum atomic E-state index is 12.8. The van der Waals surface area contributed by atoms with Gasteiger partial charge in [0.2, 0.25) is 5.88 Å². The fourth-order valence-corrected chi connectivity index (χ4v) is 3.86. The molecule has 0 aliphatic carbocycles. The Bertz CT molecular complexity index is 853. The number of aromatic nitrogens is 1. The van der Waals surface area contributed by atoms with Crippen molar-refractivity contribution in [3.8, 4) is 5.88 Å². The highest BCUT2D eigenvalue weighted by atomic mass is 16.5. The molecule has 0 atom stereocenters. The number of pyridine rings is 1. The lowest BCUT2D eigenvalue weighted by Gasteiger charge is -2.36. The van der Waals surface area contributed by atoms with Gasteiger partial charge in [0, 0.05) is 37.6 Å². The van der Waals surface area contributed by atoms with Gasteiger partial charge in [-0.05, 0) is 62.1 Å². The molecule has 1 saturated heterocycles. The molecule has 2 aromatic rings. The zero-order valence-electron chi connectivity index (χ0n) is 18.2. The van der Waals surface area contributed by atoms with E-state index in [1.54, 1.807) is 7.11 Å². The van der Waals surface area contributed by atoms with E-state index in [0.29, 0.717) is 24.7 Å². The van der Waals surface area contributed by atoms with Crippen LogP contribution in [0, 0.1) is 20.8 Å². The number of rotatable bonds is 5. The molecule has 6 heteroatoms. The Labute approximate surface area is 173 Å². The second-order valence-electron chi connectivity index (χ2n) is 7.81. The van der Waals surface area contributed by atoms with E-state index in [-0.39, 0.29) is 6.03 Å². The summed E-state index contributed by atoms with van der Waals surface area (Å²) in [6.45, 7) is 11.4. The van der Waals surface area contributed by atoms with Crippen molar-refractivity contribution in [2.75, 3.05) is 43.5 Å². The number of aryl methyl sites for hydroxylation is 4. The van der Waals surface area contributed by atoms with E-state index in [0.717, 1.165) is 37.2 Å². The first-order chi connectivity index (χ1) is 13.9. The molecule has 2 amide bonds. The smallest absolute Gasteiger partial charge is 0.322 e. The average Bonchev–Trinajstić information content (AvgIpc) is 2.69. The van der Waals surface area contributed by atoms with Gasteiger partial charge in [-0.3, -0.25) is 0 Å². The Kier molecular flexibility index (Phi) is 6.62. The Morgan fingerprint density at radius 3 is 2.31 bits per heavy atom. The van der Waals surface area contributed by atoms with Crippen LogP contribution in [0.1, 0.15) is 35.7 Å². The number of hydrogen-bond donors (Lipinski definition) is 1. The summed E-state index contributed by atoms with van der Waals surface area (Å²) in [4.78, 5) is 21.6. The number of nitrogens with zero attached hydrogens (tertiary/aromatic N) is 3. The average molecular weight is 397 g/mol. The minimum absolute atomic E-state index is 0.104. The zero-order chi connectivity index (χ0) is 21.0. The number of piperazine rings is 1. The van der Waals surface area contributed by atoms with Crippen molar-refractivity contribution in [1.29, 1.82) is 0 Å². The Balaban J connectivity index is 1.65. The Morgan fingerprint density at radius 1 is 1.07 bits per heavy atom. The van der Waals surface area contributed by atoms with Gasteiger partial charge in [0.25, 0.3) is 0 Å². The van der Waals surface area contributed by atoms with Crippen molar-refractivity contribution >= 4 is 17.4 Å². The highest BCUT2D eigenvalue weighted by Gasteiger charge is 2.23. The van der Waals surface area contributed by atoms with Crippen molar-refractivity contribution in [3.63, 3.8) is 0 Å². The van der Waals surface area contributed by atoms with Crippen LogP contribution in [0.2, 0.25) is 0 Å². The summed E-state index contributed by atoms with van der Waals surface area (Å²) < 4.78 is 5.42. The van der Waals surface area contributed by atoms with Crippen LogP contribution in [0.5, 0.6) is 5.88 Å². The lowest BCUT2D eigenvalue weighted by atomic mass is 10.1. The topological polar surface area (TPSA) is 57.7 Å². The summed E-state index contributed by atoms with van der Waals surface area (Å²) in [5, 5.41) is 3.00. The van der Waals surface area contributed by atoms with Crippen LogP contribution < -0.4 is 15.0 Å². The third-order valence-corrected chi connectivity index (χ3v) is 5.34. The molecular formula is C23H32N4O2. The van der Waals surface area contributed by atoms with E-state index in [9.17, 15) is 4.79 Å². The molecule has 1 aliphatic rings. The van der Waals surface area contributed by atoms with Gasteiger partial charge in [-0.2, -0.15) is 0 Å². The van der Waals surface area contributed by atoms with Crippen LogP contribution in [0.15, 0.2) is 24.3 Å². The number of nitrogens with one attached hydrogen (secondary N) is 1. The largest absolute Gasteiger partial charge is 0.480 e. The molecule has 1 fully saturated rings. The number of anilines is 2. The molecule has 2 heterocycles. The van der Waals surface area contributed by atoms with E-state index >= 15 is 0 Å². The van der Waals surface area contributed by atoms with Gasteiger partial charge in [0.05, 0.1) is 7.11 Å². The second kappa shape index (κ2) is 9.16. The standard InChI is InChI=1S/C23H32N4O2/c1-6-7-20-18(4)15-21(22(24-20)29-5)25-23(28)27-10-8-26(9-11-27)19-13-16(2)12-17(3)14-19/h12-15H,6-11H2,1-5H3,(H,25,28). The van der Waals surface area contributed by atoms with Crippen molar-refractivity contribution < 1.29 is 9.53 Å². The number of hydrogen-bond acceptors (Lipinski definition) is 4. The molecule has 0 radical (unpaired) electrons. The van der Waals surface area contributed by atoms with Crippen LogP contribution in [-0.4, -0.2) is 49.2 Å². The van der Waals surface area contributed by atoms with Crippen LogP contribution in [0.25, 0.3) is 0 Å². The molecule has 1 N–H and O–H groups in total.